The smallest absolute Gasteiger partial charge is 0.414 e. The first-order valence-corrected chi connectivity index (χ1v) is 40.3. The first-order valence-electron chi connectivity index (χ1n) is 38.4. The van der Waals surface area contributed by atoms with Gasteiger partial charge in [-0.3, -0.25) is 24.5 Å². The number of pyridine rings is 2. The number of rotatable bonds is 26. The van der Waals surface area contributed by atoms with Crippen LogP contribution in [-0.2, 0) is 49.2 Å². The summed E-state index contributed by atoms with van der Waals surface area (Å²) in [7, 11) is 6.58. The van der Waals surface area contributed by atoms with E-state index in [1.165, 1.54) is 30.1 Å². The van der Waals surface area contributed by atoms with Crippen LogP contribution in [0.2, 0.25) is 25.1 Å². The van der Waals surface area contributed by atoms with Crippen LogP contribution in [0.25, 0.3) is 77.2 Å². The summed E-state index contributed by atoms with van der Waals surface area (Å²) in [6, 6.07) is 31.6. The molecular weight excluding hydrogens is 1710 g/mol. The van der Waals surface area contributed by atoms with Crippen molar-refractivity contribution in [2.75, 3.05) is 140 Å². The van der Waals surface area contributed by atoms with Crippen LogP contribution in [0.15, 0.2) is 155 Å². The second-order valence-electron chi connectivity index (χ2n) is 26.1. The Balaban J connectivity index is 0.000000164. The number of methoxy groups -OCH3 is 3. The molecule has 650 valence electrons. The van der Waals surface area contributed by atoms with E-state index in [1.807, 2.05) is 25.2 Å². The number of fused-ring (bicyclic) bond motifs is 7. The van der Waals surface area contributed by atoms with Gasteiger partial charge in [0.2, 0.25) is 29.0 Å². The van der Waals surface area contributed by atoms with Crippen molar-refractivity contribution >= 4 is 194 Å². The number of nitrogens with zero attached hydrogens (tertiary/aromatic N) is 7. The molecule has 13 aromatic rings. The van der Waals surface area contributed by atoms with Gasteiger partial charge in [-0.2, -0.15) is 9.37 Å². The Labute approximate surface area is 727 Å². The number of aromatic nitrogens is 4. The van der Waals surface area contributed by atoms with Crippen LogP contribution in [0.1, 0.15) is 95.7 Å². The number of likely N-dealkylation sites (N-methyl/N-ethyl adjacent to an activating group) is 1. The van der Waals surface area contributed by atoms with E-state index in [9.17, 15) is 42.7 Å². The normalized spacial score (nSPS) is 12.2. The molecule has 1 saturated heterocycles. The van der Waals surface area contributed by atoms with Crippen LogP contribution in [0, 0.1) is 5.95 Å². The van der Waals surface area contributed by atoms with Crippen molar-refractivity contribution in [2.24, 2.45) is 0 Å². The van der Waals surface area contributed by atoms with Crippen LogP contribution >= 0.6 is 58.0 Å². The molecule has 8 aromatic heterocycles. The van der Waals surface area contributed by atoms with Crippen molar-refractivity contribution in [3.63, 3.8) is 0 Å². The van der Waals surface area contributed by atoms with E-state index in [-0.39, 0.29) is 123 Å². The number of furan rings is 5. The van der Waals surface area contributed by atoms with Crippen molar-refractivity contribution in [1.29, 1.82) is 0 Å². The van der Waals surface area contributed by atoms with Crippen molar-refractivity contribution in [3.05, 3.63) is 198 Å². The fourth-order valence-electron chi connectivity index (χ4n) is 12.7. The highest BCUT2D eigenvalue weighted by atomic mass is 35.5. The zero-order valence-electron chi connectivity index (χ0n) is 68.3. The molecule has 1 atom stereocenters. The molecule has 9 heterocycles. The Morgan fingerprint density at radius 2 is 0.992 bits per heavy atom. The average Bonchev–Trinajstić information content (AvgIpc) is 1.63. The summed E-state index contributed by atoms with van der Waals surface area (Å²) in [5, 5.41) is 11.1. The van der Waals surface area contributed by atoms with Crippen molar-refractivity contribution in [1.82, 2.24) is 24.8 Å². The minimum absolute atomic E-state index is 0.0270. The molecule has 1 aliphatic rings. The maximum absolute atomic E-state index is 13.2. The molecule has 1 fully saturated rings. The van der Waals surface area contributed by atoms with Gasteiger partial charge in [-0.1, -0.05) is 58.0 Å². The Bertz CT molecular complexity index is 5990. The lowest BCUT2D eigenvalue weighted by molar-refractivity contribution is 0.0485. The number of halogens is 6. The van der Waals surface area contributed by atoms with Crippen molar-refractivity contribution < 1.29 is 103 Å². The van der Waals surface area contributed by atoms with Gasteiger partial charge in [-0.25, -0.2) is 43.5 Å². The van der Waals surface area contributed by atoms with Gasteiger partial charge < -0.3 is 80.7 Å². The van der Waals surface area contributed by atoms with Gasteiger partial charge in [-0.05, 0) is 170 Å². The molecule has 38 heteroatoms. The number of carbonyl (C=O) groups excluding carboxylic acids is 7. The molecule has 123 heavy (non-hydrogen) atoms. The van der Waals surface area contributed by atoms with E-state index in [2.05, 4.69) is 30.5 Å². The molecule has 3 amide bonds. The molecule has 0 saturated carbocycles. The average molecular weight is 1800 g/mol. The minimum atomic E-state index is -0.716. The summed E-state index contributed by atoms with van der Waals surface area (Å²) < 4.78 is 88.2. The highest BCUT2D eigenvalue weighted by molar-refractivity contribution is 6.34. The predicted molar refractivity (Wildman–Crippen MR) is 464 cm³/mol. The fourth-order valence-corrected chi connectivity index (χ4v) is 13.5. The third-order valence-corrected chi connectivity index (χ3v) is 19.4. The minimum Gasteiger partial charge on any atom is -0.460 e. The van der Waals surface area contributed by atoms with Gasteiger partial charge in [0.15, 0.2) is 11.3 Å². The Morgan fingerprint density at radius 3 is 1.49 bits per heavy atom. The van der Waals surface area contributed by atoms with E-state index >= 15 is 0 Å². The monoisotopic (exact) mass is 1790 g/mol. The number of hydrogen-bond acceptors (Lipinski definition) is 28. The zero-order chi connectivity index (χ0) is 88.7. The van der Waals surface area contributed by atoms with Crippen molar-refractivity contribution in [2.45, 2.75) is 60.5 Å². The van der Waals surface area contributed by atoms with Crippen LogP contribution in [0.3, 0.4) is 0 Å². The molecule has 0 aliphatic carbocycles. The number of nitrogens with two attached hydrogens (primary N) is 1. The maximum atomic E-state index is 13.2. The molecule has 0 bridgehead atoms. The first kappa shape index (κ1) is 93.2. The lowest BCUT2D eigenvalue weighted by Gasteiger charge is -2.21. The highest BCUT2D eigenvalue weighted by Gasteiger charge is 2.34. The second kappa shape index (κ2) is 44.1. The van der Waals surface area contributed by atoms with Gasteiger partial charge >= 0.3 is 41.9 Å². The quantitative estimate of drug-likeness (QED) is 0.0196. The predicted octanol–water partition coefficient (Wildman–Crippen LogP) is 18.3. The van der Waals surface area contributed by atoms with Crippen LogP contribution in [-0.4, -0.2) is 182 Å². The summed E-state index contributed by atoms with van der Waals surface area (Å²) in [6.07, 6.45) is 1.97. The Hall–Kier alpha value is -12.1. The summed E-state index contributed by atoms with van der Waals surface area (Å²) in [4.78, 5) is 116. The van der Waals surface area contributed by atoms with Crippen LogP contribution in [0.5, 0.6) is 0 Å². The molecular formula is C85H86Cl5FN10O22. The Kier molecular flexibility index (Phi) is 33.5. The summed E-state index contributed by atoms with van der Waals surface area (Å²) in [5.74, 6) is -2.53. The summed E-state index contributed by atoms with van der Waals surface area (Å²) >= 11 is 30.2. The van der Waals surface area contributed by atoms with Gasteiger partial charge in [0, 0.05) is 116 Å². The fraction of sp³-hybridized carbons (Fsp3) is 0.306. The van der Waals surface area contributed by atoms with E-state index in [1.54, 1.807) is 144 Å². The molecule has 4 N–H and O–H groups in total. The Morgan fingerprint density at radius 1 is 0.528 bits per heavy atom. The maximum Gasteiger partial charge on any atom is 0.414 e. The van der Waals surface area contributed by atoms with Gasteiger partial charge in [0.1, 0.15) is 62.0 Å². The van der Waals surface area contributed by atoms with Gasteiger partial charge in [0.25, 0.3) is 0 Å². The number of esters is 3. The molecule has 14 rings (SSSR count). The molecule has 1 aliphatic heterocycles. The topological polar surface area (TPSA) is 389 Å². The van der Waals surface area contributed by atoms with Crippen LogP contribution < -0.4 is 36.8 Å². The highest BCUT2D eigenvalue weighted by Crippen LogP contribution is 2.42. The lowest BCUT2D eigenvalue weighted by atomic mass is 10.1. The molecule has 5 aromatic carbocycles. The third kappa shape index (κ3) is 22.6. The number of anilines is 5. The lowest BCUT2D eigenvalue weighted by Crippen LogP contribution is -2.35. The van der Waals surface area contributed by atoms with E-state index in [0.29, 0.717) is 111 Å². The number of nitrogen functional groups attached to an aromatic ring is 1. The van der Waals surface area contributed by atoms with Gasteiger partial charge in [-0.15, -0.1) is 0 Å². The standard InChI is InChI=1S/C23H24ClN5O3.C20H18ClFN2O5.C17H20ClNO6.C14H14ClNO5.C11H10ClNO3/c1-25-16-7-8-28(13-16)19-6-3-14(12-26-19)20-22-21(29(9-10-31-2)23(30)27-20)17-11-15(24)4-5-18(17)32-22;1-3-28-20(26)24(8-9-27-2)17-14-10-13(21)5-6-15(14)29-19(17)18(25)12-4-7-16(22)23-11-12;1-4-23-16(20)15-14(12-10-11(18)6-7-13(12)25-15)19(8-9-22-3)17(21)24-5-2;1-3-19-13(17)12-11(16-14(18)20-4-2)9-7-8(15)5-6-10(9)21-12;1-2-15-11(14)10-9(13)7-5-6(12)3-4-8(7)16-10/h3-6,11-12,16,25H,7-10,13H2,1-2H3;4-7,10-11H,3,8-9H2,1-2H3;6-7,10H,4-5,8-9H2,1-3H3;5-7H,3-4H2,1-2H3,(H,16,18);3-5H,2,13H2,1H3. The number of nitrogens with one attached hydrogen (secondary N) is 2. The van der Waals surface area contributed by atoms with E-state index in [0.717, 1.165) is 48.5 Å². The number of benzene rings is 5. The SMILES string of the molecule is CCOC(=O)N(CCOC)c1c(C(=O)c2ccc(F)nc2)oc2ccc(Cl)cc12.CCOC(=O)Nc1c(C(=O)OCC)oc2ccc(Cl)cc12.CCOC(=O)c1oc2ccc(Cl)cc2c1N.CCOC(=O)c1oc2ccc(Cl)cc2c1N(CCOC)C(=O)OCC.CNC1CCN(c2ccc(-c3nc(=O)n(CCOC)c4c3oc3ccc(Cl)cc34)cn2)C1. The molecule has 1 unspecified atom stereocenters. The molecule has 32 nitrogen and oxygen atoms in total. The number of amides is 3. The van der Waals surface area contributed by atoms with E-state index < -0.39 is 47.9 Å². The molecule has 0 radical (unpaired) electrons. The second-order valence-corrected chi connectivity index (χ2v) is 28.3. The largest absolute Gasteiger partial charge is 0.460 e. The molecule has 0 spiro atoms. The third-order valence-electron chi connectivity index (χ3n) is 18.2. The van der Waals surface area contributed by atoms with Crippen LogP contribution in [0.4, 0.5) is 47.3 Å². The first-order chi connectivity index (χ1) is 59.3. The number of hydrogen-bond donors (Lipinski definition) is 3. The zero-order valence-corrected chi connectivity index (χ0v) is 72.0. The van der Waals surface area contributed by atoms with Crippen molar-refractivity contribution in [3.8, 4) is 11.3 Å². The number of carbonyl (C=O) groups is 7. The number of ketones is 1. The number of ether oxygens (including phenoxy) is 9. The van der Waals surface area contributed by atoms with E-state index in [4.69, 9.17) is 128 Å². The van der Waals surface area contributed by atoms with Gasteiger partial charge in [0.05, 0.1) is 84.8 Å². The summed E-state index contributed by atoms with van der Waals surface area (Å²) in [5.41, 5.74) is 11.2. The summed E-state index contributed by atoms with van der Waals surface area (Å²) in [6.45, 7) is 14.6.